The maximum absolute atomic E-state index is 12.1. The van der Waals surface area contributed by atoms with E-state index in [0.717, 1.165) is 18.7 Å². The number of thioether (sulfide) groups is 1. The first-order chi connectivity index (χ1) is 13.6. The van der Waals surface area contributed by atoms with Crippen LogP contribution in [0.15, 0.2) is 66.1 Å². The molecule has 0 atom stereocenters. The summed E-state index contributed by atoms with van der Waals surface area (Å²) in [6.07, 6.45) is 2.49. The Morgan fingerprint density at radius 3 is 2.82 bits per heavy atom. The first-order valence-electron chi connectivity index (χ1n) is 8.95. The van der Waals surface area contributed by atoms with E-state index in [-0.39, 0.29) is 11.7 Å². The standard InChI is InChI=1S/C20H22ClN5OS/c1-25(17-8-3-2-4-9-17)12-6-11-22-19(27)14-28-20-24-23-15-26(20)18-10-5-7-16(21)13-18/h2-5,7-10,13,15H,6,11-12,14H2,1H3,(H,22,27). The Bertz CT molecular complexity index is 902. The van der Waals surface area contributed by atoms with E-state index in [2.05, 4.69) is 39.6 Å². The van der Waals surface area contributed by atoms with Crippen molar-refractivity contribution in [2.45, 2.75) is 11.6 Å². The molecule has 1 amide bonds. The van der Waals surface area contributed by atoms with Gasteiger partial charge >= 0.3 is 0 Å². The number of hydrogen-bond acceptors (Lipinski definition) is 5. The highest BCUT2D eigenvalue weighted by molar-refractivity contribution is 7.99. The second-order valence-corrected chi connectivity index (χ2v) is 7.59. The largest absolute Gasteiger partial charge is 0.375 e. The van der Waals surface area contributed by atoms with Crippen LogP contribution < -0.4 is 10.2 Å². The minimum atomic E-state index is -0.0204. The predicted octanol–water partition coefficient (Wildman–Crippen LogP) is 3.66. The van der Waals surface area contributed by atoms with Gasteiger partial charge in [0, 0.05) is 30.8 Å². The second-order valence-electron chi connectivity index (χ2n) is 6.21. The molecular weight excluding hydrogens is 394 g/mol. The van der Waals surface area contributed by atoms with Crippen LogP contribution in [0.1, 0.15) is 6.42 Å². The van der Waals surface area contributed by atoms with Gasteiger partial charge in [0.1, 0.15) is 6.33 Å². The molecule has 28 heavy (non-hydrogen) atoms. The molecule has 6 nitrogen and oxygen atoms in total. The van der Waals surface area contributed by atoms with E-state index in [4.69, 9.17) is 11.6 Å². The molecular formula is C20H22ClN5OS. The lowest BCUT2D eigenvalue weighted by molar-refractivity contribution is -0.118. The zero-order chi connectivity index (χ0) is 19.8. The van der Waals surface area contributed by atoms with E-state index >= 15 is 0 Å². The predicted molar refractivity (Wildman–Crippen MR) is 114 cm³/mol. The molecule has 0 unspecified atom stereocenters. The van der Waals surface area contributed by atoms with Gasteiger partial charge in [-0.25, -0.2) is 0 Å². The number of amides is 1. The Morgan fingerprint density at radius 1 is 1.21 bits per heavy atom. The summed E-state index contributed by atoms with van der Waals surface area (Å²) in [6.45, 7) is 1.51. The van der Waals surface area contributed by atoms with Crippen LogP contribution >= 0.6 is 23.4 Å². The van der Waals surface area contributed by atoms with E-state index in [1.807, 2.05) is 47.0 Å². The summed E-state index contributed by atoms with van der Waals surface area (Å²) in [5, 5.41) is 12.3. The van der Waals surface area contributed by atoms with Crippen LogP contribution in [-0.2, 0) is 4.79 Å². The van der Waals surface area contributed by atoms with Crippen molar-refractivity contribution in [1.82, 2.24) is 20.1 Å². The monoisotopic (exact) mass is 415 g/mol. The Labute approximate surface area is 173 Å². The number of nitrogens with zero attached hydrogens (tertiary/aromatic N) is 4. The van der Waals surface area contributed by atoms with Gasteiger partial charge in [0.05, 0.1) is 11.4 Å². The van der Waals surface area contributed by atoms with Gasteiger partial charge in [0.25, 0.3) is 0 Å². The Balaban J connectivity index is 1.41. The van der Waals surface area contributed by atoms with Crippen molar-refractivity contribution in [2.75, 3.05) is 30.8 Å². The third kappa shape index (κ3) is 5.74. The lowest BCUT2D eigenvalue weighted by Crippen LogP contribution is -2.29. The molecule has 8 heteroatoms. The van der Waals surface area contributed by atoms with Gasteiger partial charge in [-0.05, 0) is 36.8 Å². The van der Waals surface area contributed by atoms with E-state index in [0.29, 0.717) is 16.7 Å². The Kier molecular flexibility index (Phi) is 7.33. The van der Waals surface area contributed by atoms with Gasteiger partial charge in [-0.1, -0.05) is 47.6 Å². The highest BCUT2D eigenvalue weighted by Gasteiger charge is 2.10. The first-order valence-corrected chi connectivity index (χ1v) is 10.3. The molecule has 0 aliphatic carbocycles. The maximum Gasteiger partial charge on any atom is 0.230 e. The second kappa shape index (κ2) is 10.1. The summed E-state index contributed by atoms with van der Waals surface area (Å²) in [4.78, 5) is 14.3. The minimum Gasteiger partial charge on any atom is -0.375 e. The molecule has 2 aromatic carbocycles. The van der Waals surface area contributed by atoms with Gasteiger partial charge < -0.3 is 10.2 Å². The molecule has 1 heterocycles. The molecule has 146 valence electrons. The highest BCUT2D eigenvalue weighted by atomic mass is 35.5. The third-order valence-electron chi connectivity index (χ3n) is 4.12. The zero-order valence-corrected chi connectivity index (χ0v) is 17.2. The van der Waals surface area contributed by atoms with Crippen LogP contribution in [0.4, 0.5) is 5.69 Å². The lowest BCUT2D eigenvalue weighted by atomic mass is 10.3. The van der Waals surface area contributed by atoms with Gasteiger partial charge in [-0.15, -0.1) is 10.2 Å². The zero-order valence-electron chi connectivity index (χ0n) is 15.6. The fraction of sp³-hybridized carbons (Fsp3) is 0.250. The molecule has 1 N–H and O–H groups in total. The maximum atomic E-state index is 12.1. The van der Waals surface area contributed by atoms with E-state index in [1.165, 1.54) is 17.4 Å². The van der Waals surface area contributed by atoms with Crippen LogP contribution in [0.3, 0.4) is 0 Å². The van der Waals surface area contributed by atoms with Crippen molar-refractivity contribution < 1.29 is 4.79 Å². The number of anilines is 1. The number of hydrogen-bond donors (Lipinski definition) is 1. The smallest absolute Gasteiger partial charge is 0.230 e. The van der Waals surface area contributed by atoms with Gasteiger partial charge in [0.15, 0.2) is 5.16 Å². The number of para-hydroxylation sites is 1. The SMILES string of the molecule is CN(CCCNC(=O)CSc1nncn1-c1cccc(Cl)c1)c1ccccc1. The summed E-state index contributed by atoms with van der Waals surface area (Å²) < 4.78 is 1.82. The highest BCUT2D eigenvalue weighted by Crippen LogP contribution is 2.21. The summed E-state index contributed by atoms with van der Waals surface area (Å²) in [5.74, 6) is 0.265. The number of rotatable bonds is 9. The number of carbonyl (C=O) groups excluding carboxylic acids is 1. The summed E-state index contributed by atoms with van der Waals surface area (Å²) in [5.41, 5.74) is 2.04. The van der Waals surface area contributed by atoms with Crippen LogP contribution in [0.25, 0.3) is 5.69 Å². The fourth-order valence-corrected chi connectivity index (χ4v) is 3.61. The molecule has 0 spiro atoms. The topological polar surface area (TPSA) is 63.1 Å². The van der Waals surface area contributed by atoms with Gasteiger partial charge in [0.2, 0.25) is 5.91 Å². The van der Waals surface area contributed by atoms with Gasteiger partial charge in [-0.3, -0.25) is 9.36 Å². The van der Waals surface area contributed by atoms with Crippen molar-refractivity contribution in [3.63, 3.8) is 0 Å². The van der Waals surface area contributed by atoms with Crippen LogP contribution in [0, 0.1) is 0 Å². The van der Waals surface area contributed by atoms with E-state index in [9.17, 15) is 4.79 Å². The van der Waals surface area contributed by atoms with Crippen molar-refractivity contribution in [2.24, 2.45) is 0 Å². The molecule has 1 aromatic heterocycles. The molecule has 0 saturated carbocycles. The molecule has 0 aliphatic heterocycles. The number of nitrogens with one attached hydrogen (secondary N) is 1. The van der Waals surface area contributed by atoms with Crippen molar-refractivity contribution in [3.05, 3.63) is 65.9 Å². The first kappa shape index (κ1) is 20.2. The van der Waals surface area contributed by atoms with Crippen molar-refractivity contribution in [1.29, 1.82) is 0 Å². The minimum absolute atomic E-state index is 0.0204. The summed E-state index contributed by atoms with van der Waals surface area (Å²) in [6, 6.07) is 17.6. The number of benzene rings is 2. The van der Waals surface area contributed by atoms with Crippen molar-refractivity contribution >= 4 is 35.0 Å². The normalized spacial score (nSPS) is 10.6. The van der Waals surface area contributed by atoms with Crippen LogP contribution in [0.5, 0.6) is 0 Å². The van der Waals surface area contributed by atoms with Crippen LogP contribution in [-0.4, -0.2) is 46.6 Å². The molecule has 3 aromatic rings. The quantitative estimate of drug-likeness (QED) is 0.427. The average Bonchev–Trinajstić information content (AvgIpc) is 3.19. The molecule has 0 saturated heterocycles. The fourth-order valence-electron chi connectivity index (χ4n) is 2.66. The number of aromatic nitrogens is 3. The van der Waals surface area contributed by atoms with Crippen LogP contribution in [0.2, 0.25) is 5.02 Å². The third-order valence-corrected chi connectivity index (χ3v) is 5.30. The average molecular weight is 416 g/mol. The lowest BCUT2D eigenvalue weighted by Gasteiger charge is -2.19. The molecule has 0 aliphatic rings. The Hall–Kier alpha value is -2.51. The van der Waals surface area contributed by atoms with E-state index < -0.39 is 0 Å². The number of halogens is 1. The summed E-state index contributed by atoms with van der Waals surface area (Å²) >= 11 is 7.39. The molecule has 0 radical (unpaired) electrons. The molecule has 0 bridgehead atoms. The summed E-state index contributed by atoms with van der Waals surface area (Å²) in [7, 11) is 2.05. The molecule has 3 rings (SSSR count). The van der Waals surface area contributed by atoms with E-state index in [1.54, 1.807) is 6.33 Å². The Morgan fingerprint density at radius 2 is 2.04 bits per heavy atom. The molecule has 0 fully saturated rings. The van der Waals surface area contributed by atoms with Gasteiger partial charge in [-0.2, -0.15) is 0 Å². The number of carbonyl (C=O) groups is 1. The van der Waals surface area contributed by atoms with Crippen molar-refractivity contribution in [3.8, 4) is 5.69 Å².